The van der Waals surface area contributed by atoms with E-state index in [1.165, 1.54) is 18.2 Å². The van der Waals surface area contributed by atoms with Crippen LogP contribution in [-0.2, 0) is 22.9 Å². The van der Waals surface area contributed by atoms with Gasteiger partial charge in [0.15, 0.2) is 0 Å². The number of carbonyl (C=O) groups is 2. The van der Waals surface area contributed by atoms with Gasteiger partial charge >= 0.3 is 6.03 Å². The average Bonchev–Trinajstić information content (AvgIpc) is 3.69. The number of nitrogens with one attached hydrogen (secondary N) is 2. The number of hydrogen-bond donors (Lipinski definition) is 2. The molecule has 0 spiro atoms. The smallest absolute Gasteiger partial charge is 0.329 e. The molecule has 0 bridgehead atoms. The van der Waals surface area contributed by atoms with Gasteiger partial charge in [-0.2, -0.15) is 0 Å². The Morgan fingerprint density at radius 2 is 1.59 bits per heavy atom. The number of fused-ring (bicyclic) bond motifs is 3. The number of likely N-dealkylation sites (N-methyl/N-ethyl adjacent to an activating group) is 1. The van der Waals surface area contributed by atoms with Gasteiger partial charge in [-0.05, 0) is 84.3 Å². The SMILES string of the molecule is CN1CCc2c(n(-c3ccc(CC4(NC(=O)NS(=O)(=O)c5c(Cl)cccc5Cl)CC4)cc3)c3ccc(-c4ccccc4)cc23)C1=O. The maximum Gasteiger partial charge on any atom is 0.329 e. The molecule has 234 valence electrons. The molecule has 1 aliphatic heterocycles. The van der Waals surface area contributed by atoms with Crippen molar-refractivity contribution in [2.24, 2.45) is 0 Å². The highest BCUT2D eigenvalue weighted by molar-refractivity contribution is 7.90. The van der Waals surface area contributed by atoms with Crippen LogP contribution in [-0.4, -0.2) is 49.0 Å². The predicted molar refractivity (Wildman–Crippen MR) is 180 cm³/mol. The average molecular weight is 674 g/mol. The molecule has 4 aromatic carbocycles. The Morgan fingerprint density at radius 3 is 2.26 bits per heavy atom. The fraction of sp³-hybridized carbons (Fsp3) is 0.200. The molecule has 46 heavy (non-hydrogen) atoms. The van der Waals surface area contributed by atoms with Crippen LogP contribution in [0.3, 0.4) is 0 Å². The van der Waals surface area contributed by atoms with Crippen LogP contribution >= 0.6 is 23.2 Å². The van der Waals surface area contributed by atoms with E-state index in [0.717, 1.165) is 45.3 Å². The third kappa shape index (κ3) is 5.53. The van der Waals surface area contributed by atoms with Crippen molar-refractivity contribution in [2.45, 2.75) is 36.1 Å². The fourth-order valence-corrected chi connectivity index (χ4v) is 8.36. The van der Waals surface area contributed by atoms with Crippen molar-refractivity contribution in [3.05, 3.63) is 118 Å². The zero-order chi connectivity index (χ0) is 32.2. The van der Waals surface area contributed by atoms with E-state index >= 15 is 0 Å². The van der Waals surface area contributed by atoms with Gasteiger partial charge in [-0.15, -0.1) is 0 Å². The standard InChI is InChI=1S/C35H30Cl2N4O4S/c1-40-19-16-26-27-20-24(23-6-3-2-4-7-23)12-15-30(27)41(31(26)33(40)42)25-13-10-22(11-14-25)21-35(17-18-35)38-34(43)39-46(44,45)32-28(36)8-5-9-29(32)37/h2-15,20H,16-19,21H2,1H3,(H2,38,39,43). The minimum absolute atomic E-state index is 0.0111. The summed E-state index contributed by atoms with van der Waals surface area (Å²) in [6.07, 6.45) is 2.69. The third-order valence-corrected chi connectivity index (χ3v) is 11.1. The Kier molecular flexibility index (Phi) is 7.58. The van der Waals surface area contributed by atoms with Crippen LogP contribution in [0.5, 0.6) is 0 Å². The number of rotatable bonds is 7. The fourth-order valence-electron chi connectivity index (χ4n) is 6.30. The quantitative estimate of drug-likeness (QED) is 0.195. The monoisotopic (exact) mass is 672 g/mol. The molecule has 1 aromatic heterocycles. The van der Waals surface area contributed by atoms with Gasteiger partial charge in [0.1, 0.15) is 10.6 Å². The highest BCUT2D eigenvalue weighted by Gasteiger charge is 2.44. The van der Waals surface area contributed by atoms with E-state index in [9.17, 15) is 18.0 Å². The summed E-state index contributed by atoms with van der Waals surface area (Å²) in [7, 11) is -2.45. The molecule has 8 nitrogen and oxygen atoms in total. The molecule has 0 unspecified atom stereocenters. The molecule has 1 saturated carbocycles. The van der Waals surface area contributed by atoms with Crippen LogP contribution < -0.4 is 10.0 Å². The molecule has 5 aromatic rings. The van der Waals surface area contributed by atoms with E-state index in [0.29, 0.717) is 31.5 Å². The second-order valence-electron chi connectivity index (χ2n) is 12.0. The number of benzene rings is 4. The van der Waals surface area contributed by atoms with Crippen LogP contribution in [0.4, 0.5) is 4.79 Å². The number of carbonyl (C=O) groups excluding carboxylic acids is 2. The first-order valence-corrected chi connectivity index (χ1v) is 17.2. The van der Waals surface area contributed by atoms with Crippen molar-refractivity contribution in [1.29, 1.82) is 0 Å². The Labute approximate surface area is 277 Å². The minimum atomic E-state index is -4.28. The molecule has 2 N–H and O–H groups in total. The summed E-state index contributed by atoms with van der Waals surface area (Å²) in [5.74, 6) is -0.0111. The second-order valence-corrected chi connectivity index (χ2v) is 14.4. The van der Waals surface area contributed by atoms with E-state index in [1.807, 2.05) is 58.8 Å². The Bertz CT molecular complexity index is 2110. The van der Waals surface area contributed by atoms with Gasteiger partial charge in [-0.3, -0.25) is 4.79 Å². The maximum absolute atomic E-state index is 13.5. The zero-order valence-electron chi connectivity index (χ0n) is 24.9. The number of hydrogen-bond acceptors (Lipinski definition) is 4. The zero-order valence-corrected chi connectivity index (χ0v) is 27.2. The van der Waals surface area contributed by atoms with Gasteiger partial charge in [0.05, 0.1) is 15.6 Å². The van der Waals surface area contributed by atoms with Gasteiger partial charge < -0.3 is 14.8 Å². The number of aromatic nitrogens is 1. The maximum atomic E-state index is 13.5. The molecule has 0 saturated heterocycles. The summed E-state index contributed by atoms with van der Waals surface area (Å²) in [4.78, 5) is 27.8. The molecule has 0 radical (unpaired) electrons. The molecule has 1 fully saturated rings. The molecular weight excluding hydrogens is 643 g/mol. The normalized spacial score (nSPS) is 15.5. The molecule has 11 heteroatoms. The molecule has 0 atom stereocenters. The molecule has 1 aliphatic carbocycles. The van der Waals surface area contributed by atoms with Gasteiger partial charge in [-0.25, -0.2) is 17.9 Å². The summed E-state index contributed by atoms with van der Waals surface area (Å²) in [5, 5.41) is 3.77. The van der Waals surface area contributed by atoms with Crippen LogP contribution in [0.2, 0.25) is 10.0 Å². The van der Waals surface area contributed by atoms with Crippen molar-refractivity contribution in [3.8, 4) is 16.8 Å². The van der Waals surface area contributed by atoms with Gasteiger partial charge in [0.2, 0.25) is 0 Å². The van der Waals surface area contributed by atoms with E-state index in [4.69, 9.17) is 23.2 Å². The van der Waals surface area contributed by atoms with Crippen molar-refractivity contribution >= 4 is 56.1 Å². The number of amides is 3. The van der Waals surface area contributed by atoms with Gasteiger partial charge in [0.25, 0.3) is 15.9 Å². The molecular formula is C35H30Cl2N4O4S. The third-order valence-electron chi connectivity index (χ3n) is 8.81. The first kappa shape index (κ1) is 30.3. The summed E-state index contributed by atoms with van der Waals surface area (Å²) in [5.41, 5.74) is 6.19. The Morgan fingerprint density at radius 1 is 0.891 bits per heavy atom. The summed E-state index contributed by atoms with van der Waals surface area (Å²) < 4.78 is 29.8. The lowest BCUT2D eigenvalue weighted by Gasteiger charge is -2.24. The van der Waals surface area contributed by atoms with Gasteiger partial charge in [-0.1, -0.05) is 77.8 Å². The summed E-state index contributed by atoms with van der Waals surface area (Å²) >= 11 is 12.1. The van der Waals surface area contributed by atoms with Crippen LogP contribution in [0.1, 0.15) is 34.5 Å². The molecule has 3 amide bonds. The minimum Gasteiger partial charge on any atom is -0.340 e. The summed E-state index contributed by atoms with van der Waals surface area (Å²) in [6.45, 7) is 0.662. The van der Waals surface area contributed by atoms with E-state index in [1.54, 1.807) is 4.90 Å². The number of halogens is 2. The van der Waals surface area contributed by atoms with E-state index in [2.05, 4.69) is 35.6 Å². The molecule has 2 heterocycles. The van der Waals surface area contributed by atoms with Crippen LogP contribution in [0.25, 0.3) is 27.7 Å². The highest BCUT2D eigenvalue weighted by atomic mass is 35.5. The Balaban J connectivity index is 1.14. The highest BCUT2D eigenvalue weighted by Crippen LogP contribution is 2.40. The van der Waals surface area contributed by atoms with E-state index in [-0.39, 0.29) is 20.8 Å². The largest absolute Gasteiger partial charge is 0.340 e. The number of sulfonamides is 1. The number of urea groups is 1. The second kappa shape index (κ2) is 11.5. The Hall–Kier alpha value is -4.31. The van der Waals surface area contributed by atoms with Crippen molar-refractivity contribution in [1.82, 2.24) is 19.5 Å². The van der Waals surface area contributed by atoms with Crippen molar-refractivity contribution in [3.63, 3.8) is 0 Å². The predicted octanol–water partition coefficient (Wildman–Crippen LogP) is 7.00. The molecule has 7 rings (SSSR count). The lowest BCUT2D eigenvalue weighted by atomic mass is 9.99. The lowest BCUT2D eigenvalue weighted by molar-refractivity contribution is 0.0773. The first-order chi connectivity index (χ1) is 22.1. The molecule has 2 aliphatic rings. The van der Waals surface area contributed by atoms with E-state index < -0.39 is 21.6 Å². The first-order valence-electron chi connectivity index (χ1n) is 14.9. The topological polar surface area (TPSA) is 101 Å². The van der Waals surface area contributed by atoms with Crippen molar-refractivity contribution in [2.75, 3.05) is 13.6 Å². The number of nitrogens with zero attached hydrogens (tertiary/aromatic N) is 2. The van der Waals surface area contributed by atoms with Crippen LogP contribution in [0, 0.1) is 0 Å². The van der Waals surface area contributed by atoms with Crippen molar-refractivity contribution < 1.29 is 18.0 Å². The summed E-state index contributed by atoms with van der Waals surface area (Å²) in [6, 6.07) is 28.0. The lowest BCUT2D eigenvalue weighted by Crippen LogP contribution is -2.46. The van der Waals surface area contributed by atoms with Crippen LogP contribution in [0.15, 0.2) is 95.9 Å². The van der Waals surface area contributed by atoms with Gasteiger partial charge in [0, 0.05) is 30.2 Å².